The van der Waals surface area contributed by atoms with Gasteiger partial charge in [-0.25, -0.2) is 9.97 Å². The summed E-state index contributed by atoms with van der Waals surface area (Å²) in [5.41, 5.74) is 1.19. The van der Waals surface area contributed by atoms with Gasteiger partial charge in [-0.2, -0.15) is 5.10 Å². The van der Waals surface area contributed by atoms with E-state index in [4.69, 9.17) is 16.3 Å². The molecule has 1 aliphatic rings. The highest BCUT2D eigenvalue weighted by Gasteiger charge is 2.29. The molecular weight excluding hydrogens is 450 g/mol. The van der Waals surface area contributed by atoms with Crippen molar-refractivity contribution in [1.29, 1.82) is 0 Å². The molecule has 1 saturated heterocycles. The molecule has 0 atom stereocenters. The van der Waals surface area contributed by atoms with Crippen molar-refractivity contribution < 1.29 is 14.3 Å². The molecule has 2 amide bonds. The van der Waals surface area contributed by atoms with E-state index in [1.165, 1.54) is 25.6 Å². The van der Waals surface area contributed by atoms with E-state index >= 15 is 0 Å². The molecule has 0 bridgehead atoms. The van der Waals surface area contributed by atoms with Crippen LogP contribution in [0.25, 0.3) is 11.3 Å². The fourth-order valence-corrected chi connectivity index (χ4v) is 3.83. The summed E-state index contributed by atoms with van der Waals surface area (Å²) in [7, 11) is 1.51. The lowest BCUT2D eigenvalue weighted by Crippen LogP contribution is -2.43. The smallest absolute Gasteiger partial charge is 0.274 e. The third-order valence-electron chi connectivity index (χ3n) is 5.43. The lowest BCUT2D eigenvalue weighted by atomic mass is 9.95. The Bertz CT molecular complexity index is 1220. The number of likely N-dealkylation sites (tertiary alicyclic amines) is 1. The number of ether oxygens (including phenoxy) is 1. The van der Waals surface area contributed by atoms with E-state index in [1.807, 2.05) is 0 Å². The number of carbonyl (C=O) groups is 2. The fourth-order valence-electron chi connectivity index (χ4n) is 3.63. The summed E-state index contributed by atoms with van der Waals surface area (Å²) in [5, 5.41) is 10.2. The Hall–Kier alpha value is -3.73. The van der Waals surface area contributed by atoms with Crippen LogP contribution in [0.1, 0.15) is 29.2 Å². The molecule has 0 aliphatic carbocycles. The summed E-state index contributed by atoms with van der Waals surface area (Å²) < 4.78 is 5.13. The third kappa shape index (κ3) is 5.20. The Kier molecular flexibility index (Phi) is 6.68. The van der Waals surface area contributed by atoms with Crippen LogP contribution in [0.3, 0.4) is 0 Å². The lowest BCUT2D eigenvalue weighted by Gasteiger charge is -2.30. The number of aromatic amines is 2. The Balaban J connectivity index is 1.33. The zero-order valence-electron chi connectivity index (χ0n) is 17.8. The molecule has 0 spiro atoms. The summed E-state index contributed by atoms with van der Waals surface area (Å²) in [4.78, 5) is 49.0. The number of methoxy groups -OCH3 is 1. The fraction of sp³-hybridized carbons (Fsp3) is 0.333. The van der Waals surface area contributed by atoms with Crippen LogP contribution in [0.2, 0.25) is 5.02 Å². The zero-order valence-corrected chi connectivity index (χ0v) is 18.6. The predicted octanol–water partition coefficient (Wildman–Crippen LogP) is 1.39. The number of hydrogen-bond donors (Lipinski definition) is 3. The van der Waals surface area contributed by atoms with Gasteiger partial charge in [0.15, 0.2) is 5.69 Å². The molecule has 1 aliphatic heterocycles. The van der Waals surface area contributed by atoms with E-state index in [0.717, 1.165) is 0 Å². The van der Waals surface area contributed by atoms with Crippen molar-refractivity contribution in [1.82, 2.24) is 35.4 Å². The van der Waals surface area contributed by atoms with Crippen LogP contribution in [-0.2, 0) is 11.3 Å². The highest BCUT2D eigenvalue weighted by molar-refractivity contribution is 6.33. The topological polar surface area (TPSA) is 146 Å². The minimum absolute atomic E-state index is 0.128. The van der Waals surface area contributed by atoms with E-state index in [9.17, 15) is 14.4 Å². The monoisotopic (exact) mass is 471 g/mol. The number of nitrogens with one attached hydrogen (secondary N) is 3. The summed E-state index contributed by atoms with van der Waals surface area (Å²) >= 11 is 6.22. The number of hydrogen-bond acceptors (Lipinski definition) is 7. The second-order valence-electron chi connectivity index (χ2n) is 7.54. The van der Waals surface area contributed by atoms with Crippen LogP contribution in [-0.4, -0.2) is 62.1 Å². The van der Waals surface area contributed by atoms with E-state index in [1.54, 1.807) is 17.0 Å². The maximum absolute atomic E-state index is 12.9. The molecule has 4 rings (SSSR count). The number of aromatic nitrogens is 5. The maximum Gasteiger partial charge on any atom is 0.274 e. The zero-order chi connectivity index (χ0) is 23.4. The summed E-state index contributed by atoms with van der Waals surface area (Å²) in [5.74, 6) is 0.218. The summed E-state index contributed by atoms with van der Waals surface area (Å²) in [6.07, 6.45) is 3.92. The predicted molar refractivity (Wildman–Crippen MR) is 119 cm³/mol. The minimum Gasteiger partial charge on any atom is -0.481 e. The first-order valence-corrected chi connectivity index (χ1v) is 10.7. The van der Waals surface area contributed by atoms with Crippen molar-refractivity contribution in [3.63, 3.8) is 0 Å². The van der Waals surface area contributed by atoms with Gasteiger partial charge < -0.3 is 19.9 Å². The Morgan fingerprint density at radius 2 is 2.06 bits per heavy atom. The van der Waals surface area contributed by atoms with E-state index < -0.39 is 0 Å². The van der Waals surface area contributed by atoms with E-state index in [2.05, 4.69) is 30.5 Å². The van der Waals surface area contributed by atoms with Gasteiger partial charge in [-0.3, -0.25) is 19.5 Å². The van der Waals surface area contributed by atoms with Crippen LogP contribution in [0.5, 0.6) is 5.88 Å². The average Bonchev–Trinajstić information content (AvgIpc) is 3.32. The second kappa shape index (κ2) is 9.82. The summed E-state index contributed by atoms with van der Waals surface area (Å²) in [6.45, 7) is 1.01. The quantitative estimate of drug-likeness (QED) is 0.492. The minimum atomic E-state index is -0.270. The third-order valence-corrected chi connectivity index (χ3v) is 5.73. The van der Waals surface area contributed by atoms with Gasteiger partial charge in [-0.05, 0) is 18.9 Å². The molecule has 0 unspecified atom stereocenters. The van der Waals surface area contributed by atoms with Gasteiger partial charge in [0.25, 0.3) is 11.5 Å². The first-order valence-electron chi connectivity index (χ1n) is 10.3. The van der Waals surface area contributed by atoms with Gasteiger partial charge in [0.1, 0.15) is 5.82 Å². The Morgan fingerprint density at radius 3 is 2.79 bits per heavy atom. The molecule has 33 heavy (non-hydrogen) atoms. The van der Waals surface area contributed by atoms with Crippen molar-refractivity contribution in [2.45, 2.75) is 19.4 Å². The lowest BCUT2D eigenvalue weighted by molar-refractivity contribution is -0.126. The van der Waals surface area contributed by atoms with Crippen molar-refractivity contribution in [2.75, 3.05) is 20.2 Å². The molecule has 0 aromatic carbocycles. The largest absolute Gasteiger partial charge is 0.481 e. The normalized spacial score (nSPS) is 14.2. The van der Waals surface area contributed by atoms with Crippen molar-refractivity contribution in [3.8, 4) is 17.1 Å². The number of carbonyl (C=O) groups excluding carboxylic acids is 2. The van der Waals surface area contributed by atoms with Crippen LogP contribution in [0.15, 0.2) is 35.4 Å². The number of nitrogens with zero attached hydrogens (tertiary/aromatic N) is 4. The number of halogens is 1. The first-order chi connectivity index (χ1) is 15.9. The SMILES string of the molecule is COc1cc(-c2cc(C(=O)N3CCC(C(=O)NCc4nccc(=O)[nH]4)CC3)n[nH]2)c(Cl)cn1. The number of rotatable bonds is 6. The van der Waals surface area contributed by atoms with Crippen molar-refractivity contribution in [2.24, 2.45) is 5.92 Å². The van der Waals surface area contributed by atoms with Crippen LogP contribution < -0.4 is 15.6 Å². The second-order valence-corrected chi connectivity index (χ2v) is 7.95. The molecule has 172 valence electrons. The molecule has 11 nitrogen and oxygen atoms in total. The molecule has 3 aromatic rings. The Morgan fingerprint density at radius 1 is 1.27 bits per heavy atom. The number of H-pyrrole nitrogens is 2. The van der Waals surface area contributed by atoms with Crippen molar-refractivity contribution >= 4 is 23.4 Å². The standard InChI is InChI=1S/C21H22ClN7O4/c1-33-19-8-13(14(22)10-24-19)15-9-16(28-27-15)21(32)29-6-3-12(4-7-29)20(31)25-11-17-23-5-2-18(30)26-17/h2,5,8-10,12H,3-4,6-7,11H2,1H3,(H,25,31)(H,27,28)(H,23,26,30). The highest BCUT2D eigenvalue weighted by Crippen LogP contribution is 2.29. The maximum atomic E-state index is 12.9. The van der Waals surface area contributed by atoms with Gasteiger partial charge in [0.05, 0.1) is 30.6 Å². The first kappa shape index (κ1) is 22.5. The van der Waals surface area contributed by atoms with E-state index in [-0.39, 0.29) is 35.5 Å². The van der Waals surface area contributed by atoms with Gasteiger partial charge in [0, 0.05) is 42.9 Å². The number of piperidine rings is 1. The number of amides is 2. The molecule has 4 heterocycles. The Labute approximate surface area is 193 Å². The van der Waals surface area contributed by atoms with E-state index in [0.29, 0.717) is 53.9 Å². The van der Waals surface area contributed by atoms with Crippen LogP contribution in [0.4, 0.5) is 0 Å². The van der Waals surface area contributed by atoms with Gasteiger partial charge in [-0.15, -0.1) is 0 Å². The molecular formula is C21H22ClN7O4. The molecule has 0 radical (unpaired) electrons. The van der Waals surface area contributed by atoms with Gasteiger partial charge in [0.2, 0.25) is 11.8 Å². The molecule has 1 fully saturated rings. The summed E-state index contributed by atoms with van der Waals surface area (Å²) in [6, 6.07) is 4.60. The van der Waals surface area contributed by atoms with Crippen molar-refractivity contribution in [3.05, 3.63) is 57.5 Å². The molecule has 0 saturated carbocycles. The highest BCUT2D eigenvalue weighted by atomic mass is 35.5. The number of pyridine rings is 1. The van der Waals surface area contributed by atoms with Crippen LogP contribution >= 0.6 is 11.6 Å². The molecule has 12 heteroatoms. The molecule has 3 aromatic heterocycles. The molecule has 3 N–H and O–H groups in total. The average molecular weight is 472 g/mol. The van der Waals surface area contributed by atoms with Gasteiger partial charge in [-0.1, -0.05) is 11.6 Å². The van der Waals surface area contributed by atoms with Gasteiger partial charge >= 0.3 is 0 Å². The van der Waals surface area contributed by atoms with Crippen LogP contribution in [0, 0.1) is 5.92 Å².